The van der Waals surface area contributed by atoms with E-state index in [2.05, 4.69) is 53.5 Å². The zero-order chi connectivity index (χ0) is 16.7. The standard InChI is InChI=1S/C22H20N2O/c1-3-7-19-17(6-1)14-22(9-11-25-12-10-22)24-21(19)18-13-16-5-2-4-8-20(16)23-15-18/h1-8,13,15H,9-12,14H2. The number of para-hydroxylation sites is 1. The lowest BCUT2D eigenvalue weighted by Crippen LogP contribution is -2.40. The first-order chi connectivity index (χ1) is 12.3. The lowest BCUT2D eigenvalue weighted by Gasteiger charge is -2.38. The smallest absolute Gasteiger partial charge is 0.0744 e. The number of ether oxygens (including phenoxy) is 1. The molecule has 0 amide bonds. The van der Waals surface area contributed by atoms with Gasteiger partial charge in [0.1, 0.15) is 0 Å². The molecule has 0 bridgehead atoms. The predicted octanol–water partition coefficient (Wildman–Crippen LogP) is 4.18. The summed E-state index contributed by atoms with van der Waals surface area (Å²) in [7, 11) is 0. The van der Waals surface area contributed by atoms with Crippen LogP contribution in [0.3, 0.4) is 0 Å². The molecule has 1 spiro atoms. The van der Waals surface area contributed by atoms with E-state index >= 15 is 0 Å². The molecule has 3 heterocycles. The van der Waals surface area contributed by atoms with Crippen molar-refractivity contribution in [2.75, 3.05) is 13.2 Å². The van der Waals surface area contributed by atoms with Gasteiger partial charge in [0.05, 0.1) is 16.8 Å². The highest BCUT2D eigenvalue weighted by Crippen LogP contribution is 2.36. The predicted molar refractivity (Wildman–Crippen MR) is 100 cm³/mol. The van der Waals surface area contributed by atoms with Gasteiger partial charge in [-0.3, -0.25) is 9.98 Å². The van der Waals surface area contributed by atoms with Gasteiger partial charge in [0.2, 0.25) is 0 Å². The minimum Gasteiger partial charge on any atom is -0.381 e. The summed E-state index contributed by atoms with van der Waals surface area (Å²) in [5.74, 6) is 0. The lowest BCUT2D eigenvalue weighted by molar-refractivity contribution is 0.0537. The van der Waals surface area contributed by atoms with Gasteiger partial charge in [0.15, 0.2) is 0 Å². The van der Waals surface area contributed by atoms with Crippen LogP contribution < -0.4 is 0 Å². The Morgan fingerprint density at radius 2 is 1.72 bits per heavy atom. The van der Waals surface area contributed by atoms with Crippen molar-refractivity contribution < 1.29 is 4.74 Å². The molecule has 1 aromatic heterocycles. The van der Waals surface area contributed by atoms with E-state index in [0.717, 1.165) is 54.7 Å². The Morgan fingerprint density at radius 3 is 2.64 bits per heavy atom. The van der Waals surface area contributed by atoms with Gasteiger partial charge in [-0.05, 0) is 37.0 Å². The van der Waals surface area contributed by atoms with Crippen molar-refractivity contribution in [3.8, 4) is 0 Å². The van der Waals surface area contributed by atoms with E-state index in [0.29, 0.717) is 0 Å². The Kier molecular flexibility index (Phi) is 3.42. The maximum atomic E-state index is 5.60. The number of pyridine rings is 1. The van der Waals surface area contributed by atoms with E-state index in [4.69, 9.17) is 9.73 Å². The first kappa shape index (κ1) is 14.8. The molecular formula is C22H20N2O. The fraction of sp³-hybridized carbons (Fsp3) is 0.273. The van der Waals surface area contributed by atoms with Crippen molar-refractivity contribution >= 4 is 16.6 Å². The summed E-state index contributed by atoms with van der Waals surface area (Å²) in [6.45, 7) is 1.60. The summed E-state index contributed by atoms with van der Waals surface area (Å²) in [6, 6.07) is 19.1. The normalized spacial score (nSPS) is 18.8. The molecule has 2 aliphatic rings. The van der Waals surface area contributed by atoms with Crippen LogP contribution in [0.2, 0.25) is 0 Å². The van der Waals surface area contributed by atoms with Crippen LogP contribution in [0.5, 0.6) is 0 Å². The highest BCUT2D eigenvalue weighted by Gasteiger charge is 2.37. The molecule has 2 aromatic carbocycles. The van der Waals surface area contributed by atoms with Gasteiger partial charge in [-0.1, -0.05) is 42.5 Å². The minimum atomic E-state index is -0.0203. The van der Waals surface area contributed by atoms with E-state index in [1.54, 1.807) is 0 Å². The minimum absolute atomic E-state index is 0.0203. The number of benzene rings is 2. The summed E-state index contributed by atoms with van der Waals surface area (Å²) in [4.78, 5) is 9.95. The van der Waals surface area contributed by atoms with Crippen molar-refractivity contribution in [2.45, 2.75) is 24.8 Å². The molecule has 3 aromatic rings. The summed E-state index contributed by atoms with van der Waals surface area (Å²) in [5, 5.41) is 1.16. The van der Waals surface area contributed by atoms with E-state index in [9.17, 15) is 0 Å². The van der Waals surface area contributed by atoms with Crippen molar-refractivity contribution in [1.82, 2.24) is 4.98 Å². The molecule has 3 nitrogen and oxygen atoms in total. The molecule has 0 aliphatic carbocycles. The summed E-state index contributed by atoms with van der Waals surface area (Å²) in [6.07, 6.45) is 4.96. The van der Waals surface area contributed by atoms with Crippen LogP contribution >= 0.6 is 0 Å². The number of hydrogen-bond donors (Lipinski definition) is 0. The van der Waals surface area contributed by atoms with Crippen molar-refractivity contribution in [1.29, 1.82) is 0 Å². The molecule has 25 heavy (non-hydrogen) atoms. The summed E-state index contributed by atoms with van der Waals surface area (Å²) in [5.41, 5.74) is 5.84. The number of hydrogen-bond acceptors (Lipinski definition) is 3. The maximum absolute atomic E-state index is 5.60. The second kappa shape index (κ2) is 5.78. The first-order valence-electron chi connectivity index (χ1n) is 8.94. The van der Waals surface area contributed by atoms with Crippen molar-refractivity contribution in [2.24, 2.45) is 4.99 Å². The van der Waals surface area contributed by atoms with Crippen LogP contribution in [0.1, 0.15) is 29.5 Å². The van der Waals surface area contributed by atoms with Crippen LogP contribution in [0.4, 0.5) is 0 Å². The third-order valence-corrected chi connectivity index (χ3v) is 5.43. The Balaban J connectivity index is 1.69. The number of aromatic nitrogens is 1. The molecule has 2 aliphatic heterocycles. The lowest BCUT2D eigenvalue weighted by atomic mass is 9.78. The first-order valence-corrected chi connectivity index (χ1v) is 8.94. The van der Waals surface area contributed by atoms with Gasteiger partial charge in [0, 0.05) is 35.9 Å². The zero-order valence-electron chi connectivity index (χ0n) is 14.1. The Morgan fingerprint density at radius 1 is 0.920 bits per heavy atom. The Labute approximate surface area is 147 Å². The molecular weight excluding hydrogens is 308 g/mol. The van der Waals surface area contributed by atoms with Crippen LogP contribution in [0.15, 0.2) is 65.8 Å². The average Bonchev–Trinajstić information content (AvgIpc) is 2.67. The third kappa shape index (κ3) is 2.56. The Hall–Kier alpha value is -2.52. The molecule has 0 atom stereocenters. The highest BCUT2D eigenvalue weighted by atomic mass is 16.5. The van der Waals surface area contributed by atoms with Crippen LogP contribution in [-0.2, 0) is 11.2 Å². The molecule has 0 saturated carbocycles. The SMILES string of the molecule is c1ccc2c(c1)CC1(CCOCC1)N=C2c1cnc2ccccc2c1. The van der Waals surface area contributed by atoms with Gasteiger partial charge in [-0.2, -0.15) is 0 Å². The van der Waals surface area contributed by atoms with E-state index in [1.165, 1.54) is 11.1 Å². The monoisotopic (exact) mass is 328 g/mol. The molecule has 0 radical (unpaired) electrons. The van der Waals surface area contributed by atoms with E-state index in [1.807, 2.05) is 12.3 Å². The zero-order valence-corrected chi connectivity index (χ0v) is 14.1. The van der Waals surface area contributed by atoms with Gasteiger partial charge in [-0.15, -0.1) is 0 Å². The molecule has 5 rings (SSSR count). The molecule has 0 unspecified atom stereocenters. The van der Waals surface area contributed by atoms with Gasteiger partial charge in [0.25, 0.3) is 0 Å². The van der Waals surface area contributed by atoms with Gasteiger partial charge in [-0.25, -0.2) is 0 Å². The molecule has 1 fully saturated rings. The van der Waals surface area contributed by atoms with Crippen molar-refractivity contribution in [3.05, 3.63) is 77.5 Å². The fourth-order valence-corrected chi connectivity index (χ4v) is 4.06. The largest absolute Gasteiger partial charge is 0.381 e. The van der Waals surface area contributed by atoms with E-state index in [-0.39, 0.29) is 5.54 Å². The average molecular weight is 328 g/mol. The molecule has 0 N–H and O–H groups in total. The second-order valence-electron chi connectivity index (χ2n) is 7.05. The molecule has 124 valence electrons. The fourth-order valence-electron chi connectivity index (χ4n) is 4.06. The third-order valence-electron chi connectivity index (χ3n) is 5.43. The number of nitrogens with zero attached hydrogens (tertiary/aromatic N) is 2. The summed E-state index contributed by atoms with van der Waals surface area (Å²) < 4.78 is 5.60. The highest BCUT2D eigenvalue weighted by molar-refractivity contribution is 6.15. The second-order valence-corrected chi connectivity index (χ2v) is 7.05. The van der Waals surface area contributed by atoms with E-state index < -0.39 is 0 Å². The topological polar surface area (TPSA) is 34.5 Å². The van der Waals surface area contributed by atoms with Gasteiger partial charge >= 0.3 is 0 Å². The molecule has 1 saturated heterocycles. The number of fused-ring (bicyclic) bond motifs is 2. The maximum Gasteiger partial charge on any atom is 0.0744 e. The van der Waals surface area contributed by atoms with Gasteiger partial charge < -0.3 is 4.74 Å². The quantitative estimate of drug-likeness (QED) is 0.672. The number of rotatable bonds is 1. The Bertz CT molecular complexity index is 970. The summed E-state index contributed by atoms with van der Waals surface area (Å²) >= 11 is 0. The molecule has 3 heteroatoms. The number of aliphatic imine (C=N–C) groups is 1. The van der Waals surface area contributed by atoms with Crippen LogP contribution in [-0.4, -0.2) is 29.4 Å². The van der Waals surface area contributed by atoms with Crippen molar-refractivity contribution in [3.63, 3.8) is 0 Å². The van der Waals surface area contributed by atoms with Crippen LogP contribution in [0, 0.1) is 0 Å². The van der Waals surface area contributed by atoms with Crippen LogP contribution in [0.25, 0.3) is 10.9 Å².